The van der Waals surface area contributed by atoms with Crippen molar-refractivity contribution < 1.29 is 4.74 Å². The Morgan fingerprint density at radius 1 is 1.19 bits per heavy atom. The maximum absolute atomic E-state index is 6.37. The number of fused-ring (bicyclic) bond motifs is 1. The summed E-state index contributed by atoms with van der Waals surface area (Å²) >= 11 is 12.2. The van der Waals surface area contributed by atoms with E-state index < -0.39 is 0 Å². The second-order valence-electron chi connectivity index (χ2n) is 5.38. The lowest BCUT2D eigenvalue weighted by atomic mass is 9.86. The van der Waals surface area contributed by atoms with Crippen molar-refractivity contribution >= 4 is 23.2 Å². The zero-order valence-electron chi connectivity index (χ0n) is 11.6. The van der Waals surface area contributed by atoms with Gasteiger partial charge in [0, 0.05) is 16.1 Å². The zero-order chi connectivity index (χ0) is 14.8. The fourth-order valence-corrected chi connectivity index (χ4v) is 3.45. The summed E-state index contributed by atoms with van der Waals surface area (Å²) in [6.45, 7) is 0.739. The lowest BCUT2D eigenvalue weighted by molar-refractivity contribution is 0.259. The Hall–Kier alpha value is -1.22. The Balaban J connectivity index is 1.81. The summed E-state index contributed by atoms with van der Waals surface area (Å²) in [6.07, 6.45) is 1.83. The number of para-hydroxylation sites is 1. The van der Waals surface area contributed by atoms with Crippen LogP contribution in [-0.2, 0) is 0 Å². The minimum Gasteiger partial charge on any atom is -0.493 e. The van der Waals surface area contributed by atoms with Crippen LogP contribution in [0, 0.1) is 0 Å². The number of benzene rings is 2. The van der Waals surface area contributed by atoms with Crippen LogP contribution in [0.2, 0.25) is 10.0 Å². The summed E-state index contributed by atoms with van der Waals surface area (Å²) in [5.74, 6) is 1.37. The molecule has 0 saturated heterocycles. The first-order chi connectivity index (χ1) is 10.1. The lowest BCUT2D eigenvalue weighted by Gasteiger charge is -2.28. The molecule has 0 bridgehead atoms. The number of rotatable bonds is 3. The third kappa shape index (κ3) is 3.18. The fourth-order valence-electron chi connectivity index (χ4n) is 2.90. The van der Waals surface area contributed by atoms with Gasteiger partial charge in [0.1, 0.15) is 5.75 Å². The van der Waals surface area contributed by atoms with Crippen molar-refractivity contribution in [3.8, 4) is 5.75 Å². The molecule has 2 atom stereocenters. The molecular formula is C17H17Cl2NO. The molecule has 2 unspecified atom stereocenters. The van der Waals surface area contributed by atoms with Gasteiger partial charge in [-0.05, 0) is 48.1 Å². The summed E-state index contributed by atoms with van der Waals surface area (Å²) in [5, 5.41) is 1.27. The number of halogens is 2. The van der Waals surface area contributed by atoms with Crippen molar-refractivity contribution in [1.82, 2.24) is 0 Å². The molecule has 0 amide bonds. The van der Waals surface area contributed by atoms with Gasteiger partial charge in [-0.3, -0.25) is 0 Å². The van der Waals surface area contributed by atoms with Gasteiger partial charge in [0.2, 0.25) is 0 Å². The van der Waals surface area contributed by atoms with Crippen molar-refractivity contribution in [2.24, 2.45) is 5.73 Å². The van der Waals surface area contributed by atoms with Crippen molar-refractivity contribution in [1.29, 1.82) is 0 Å². The molecule has 110 valence electrons. The monoisotopic (exact) mass is 321 g/mol. The molecule has 0 aromatic heterocycles. The number of nitrogens with two attached hydrogens (primary N) is 1. The summed E-state index contributed by atoms with van der Waals surface area (Å²) in [7, 11) is 0. The van der Waals surface area contributed by atoms with Gasteiger partial charge in [-0.15, -0.1) is 0 Å². The van der Waals surface area contributed by atoms with Gasteiger partial charge in [-0.25, -0.2) is 0 Å². The third-order valence-corrected chi connectivity index (χ3v) is 4.55. The van der Waals surface area contributed by atoms with Gasteiger partial charge >= 0.3 is 0 Å². The highest BCUT2D eigenvalue weighted by atomic mass is 35.5. The molecule has 4 heteroatoms. The Bertz CT molecular complexity index is 644. The Morgan fingerprint density at radius 2 is 2.00 bits per heavy atom. The Labute approximate surface area is 134 Å². The van der Waals surface area contributed by atoms with Gasteiger partial charge in [0.05, 0.1) is 6.61 Å². The highest BCUT2D eigenvalue weighted by Crippen LogP contribution is 2.39. The molecule has 2 N–H and O–H groups in total. The average Bonchev–Trinajstić information content (AvgIpc) is 2.47. The van der Waals surface area contributed by atoms with Crippen LogP contribution in [0.3, 0.4) is 0 Å². The molecule has 1 aliphatic rings. The molecule has 0 radical (unpaired) electrons. The van der Waals surface area contributed by atoms with Crippen molar-refractivity contribution in [2.45, 2.75) is 24.8 Å². The molecule has 0 saturated carbocycles. The van der Waals surface area contributed by atoms with E-state index in [1.807, 2.05) is 30.3 Å². The predicted octanol–water partition coefficient (Wildman–Crippen LogP) is 4.95. The number of hydrogen-bond donors (Lipinski definition) is 1. The van der Waals surface area contributed by atoms with Crippen LogP contribution >= 0.6 is 23.2 Å². The van der Waals surface area contributed by atoms with Crippen LogP contribution in [0.1, 0.15) is 35.9 Å². The minimum absolute atomic E-state index is 0.106. The van der Waals surface area contributed by atoms with Crippen LogP contribution in [0.15, 0.2) is 42.5 Å². The summed E-state index contributed by atoms with van der Waals surface area (Å²) in [5.41, 5.74) is 8.55. The fraction of sp³-hybridized carbons (Fsp3) is 0.294. The molecule has 2 aromatic rings. The van der Waals surface area contributed by atoms with Crippen LogP contribution in [0.5, 0.6) is 5.75 Å². The summed E-state index contributed by atoms with van der Waals surface area (Å²) in [4.78, 5) is 0. The summed E-state index contributed by atoms with van der Waals surface area (Å²) in [6, 6.07) is 13.6. The maximum Gasteiger partial charge on any atom is 0.122 e. The summed E-state index contributed by atoms with van der Waals surface area (Å²) < 4.78 is 5.70. The molecule has 0 spiro atoms. The third-order valence-electron chi connectivity index (χ3n) is 3.98. The van der Waals surface area contributed by atoms with E-state index >= 15 is 0 Å². The molecule has 0 fully saturated rings. The van der Waals surface area contributed by atoms with Crippen molar-refractivity contribution in [2.75, 3.05) is 6.61 Å². The van der Waals surface area contributed by atoms with Crippen molar-refractivity contribution in [3.63, 3.8) is 0 Å². The molecule has 3 rings (SSSR count). The van der Waals surface area contributed by atoms with E-state index in [4.69, 9.17) is 33.7 Å². The van der Waals surface area contributed by atoms with Crippen molar-refractivity contribution in [3.05, 3.63) is 63.6 Å². The average molecular weight is 322 g/mol. The first-order valence-electron chi connectivity index (χ1n) is 7.07. The Kier molecular flexibility index (Phi) is 4.39. The van der Waals surface area contributed by atoms with E-state index in [9.17, 15) is 0 Å². The molecule has 1 aliphatic heterocycles. The highest BCUT2D eigenvalue weighted by molar-refractivity contribution is 6.35. The van der Waals surface area contributed by atoms with E-state index in [-0.39, 0.29) is 6.04 Å². The van der Waals surface area contributed by atoms with E-state index in [0.717, 1.165) is 30.8 Å². The van der Waals surface area contributed by atoms with Crippen LogP contribution < -0.4 is 10.5 Å². The largest absolute Gasteiger partial charge is 0.493 e. The van der Waals surface area contributed by atoms with E-state index in [2.05, 4.69) is 6.07 Å². The van der Waals surface area contributed by atoms with E-state index in [0.29, 0.717) is 16.0 Å². The molecule has 21 heavy (non-hydrogen) atoms. The van der Waals surface area contributed by atoms with Gasteiger partial charge < -0.3 is 10.5 Å². The smallest absolute Gasteiger partial charge is 0.122 e. The standard InChI is InChI=1S/C17H17Cl2NO/c18-12-5-6-14(15(19)10-12)16(20)9-11-7-8-21-17-4-2-1-3-13(11)17/h1-6,10-11,16H,7-9,20H2. The van der Waals surface area contributed by atoms with Gasteiger partial charge in [0.15, 0.2) is 0 Å². The topological polar surface area (TPSA) is 35.2 Å². The SMILES string of the molecule is NC(CC1CCOc2ccccc21)c1ccc(Cl)cc1Cl. The molecule has 2 aromatic carbocycles. The lowest BCUT2D eigenvalue weighted by Crippen LogP contribution is -2.20. The molecule has 2 nitrogen and oxygen atoms in total. The normalized spacial score (nSPS) is 18.7. The highest BCUT2D eigenvalue weighted by Gasteiger charge is 2.24. The van der Waals surface area contributed by atoms with E-state index in [1.165, 1.54) is 5.56 Å². The molecular weight excluding hydrogens is 305 g/mol. The second kappa shape index (κ2) is 6.27. The number of ether oxygens (including phenoxy) is 1. The number of hydrogen-bond acceptors (Lipinski definition) is 2. The van der Waals surface area contributed by atoms with Gasteiger partial charge in [0.25, 0.3) is 0 Å². The van der Waals surface area contributed by atoms with Gasteiger partial charge in [-0.1, -0.05) is 47.5 Å². The maximum atomic E-state index is 6.37. The molecule has 0 aliphatic carbocycles. The first kappa shape index (κ1) is 14.7. The van der Waals surface area contributed by atoms with Crippen LogP contribution in [0.4, 0.5) is 0 Å². The predicted molar refractivity (Wildman–Crippen MR) is 87.3 cm³/mol. The quantitative estimate of drug-likeness (QED) is 0.868. The second-order valence-corrected chi connectivity index (χ2v) is 6.22. The Morgan fingerprint density at radius 3 is 2.81 bits per heavy atom. The first-order valence-corrected chi connectivity index (χ1v) is 7.83. The van der Waals surface area contributed by atoms with Crippen LogP contribution in [0.25, 0.3) is 0 Å². The zero-order valence-corrected chi connectivity index (χ0v) is 13.1. The van der Waals surface area contributed by atoms with Gasteiger partial charge in [-0.2, -0.15) is 0 Å². The van der Waals surface area contributed by atoms with Crippen LogP contribution in [-0.4, -0.2) is 6.61 Å². The minimum atomic E-state index is -0.106. The van der Waals surface area contributed by atoms with E-state index in [1.54, 1.807) is 6.07 Å². The molecule has 1 heterocycles.